The van der Waals surface area contributed by atoms with Gasteiger partial charge in [0.05, 0.1) is 0 Å². The van der Waals surface area contributed by atoms with Gasteiger partial charge in [0, 0.05) is 19.6 Å². The Labute approximate surface area is 126 Å². The van der Waals surface area contributed by atoms with Crippen LogP contribution in [-0.4, -0.2) is 31.1 Å². The van der Waals surface area contributed by atoms with Crippen molar-refractivity contribution in [1.29, 1.82) is 0 Å². The number of aliphatic hydroxyl groups excluding tert-OH is 1. The molecule has 5 heteroatoms. The van der Waals surface area contributed by atoms with Crippen LogP contribution in [0.1, 0.15) is 31.7 Å². The van der Waals surface area contributed by atoms with Gasteiger partial charge in [-0.05, 0) is 18.4 Å². The maximum Gasteiger partial charge on any atom is 0.407 e. The zero-order chi connectivity index (χ0) is 15.5. The second-order valence-corrected chi connectivity index (χ2v) is 5.09. The van der Waals surface area contributed by atoms with Gasteiger partial charge in [-0.15, -0.1) is 0 Å². The van der Waals surface area contributed by atoms with Crippen LogP contribution >= 0.6 is 0 Å². The van der Waals surface area contributed by atoms with Crippen molar-refractivity contribution in [3.63, 3.8) is 0 Å². The summed E-state index contributed by atoms with van der Waals surface area (Å²) >= 11 is 0. The van der Waals surface area contributed by atoms with Crippen LogP contribution < -0.4 is 5.32 Å². The Hall–Kier alpha value is -1.59. The molecule has 0 saturated carbocycles. The summed E-state index contributed by atoms with van der Waals surface area (Å²) in [6.07, 6.45) is 1.51. The first kappa shape index (κ1) is 17.5. The Bertz CT molecular complexity index is 397. The fraction of sp³-hybridized carbons (Fsp3) is 0.562. The molecule has 0 bridgehead atoms. The van der Waals surface area contributed by atoms with E-state index in [1.807, 2.05) is 37.3 Å². The maximum atomic E-state index is 11.5. The number of aliphatic hydroxyl groups is 1. The fourth-order valence-electron chi connectivity index (χ4n) is 1.93. The number of amides is 1. The Morgan fingerprint density at radius 2 is 2.00 bits per heavy atom. The van der Waals surface area contributed by atoms with Gasteiger partial charge in [-0.25, -0.2) is 4.79 Å². The van der Waals surface area contributed by atoms with Crippen LogP contribution in [0.25, 0.3) is 0 Å². The number of hydrogen-bond donors (Lipinski definition) is 2. The van der Waals surface area contributed by atoms with E-state index in [-0.39, 0.29) is 12.5 Å². The van der Waals surface area contributed by atoms with Gasteiger partial charge in [-0.1, -0.05) is 43.7 Å². The summed E-state index contributed by atoms with van der Waals surface area (Å²) in [7, 11) is 1.49. The number of alkyl carbamates (subject to hydrolysis) is 1. The van der Waals surface area contributed by atoms with Gasteiger partial charge < -0.3 is 19.9 Å². The maximum absolute atomic E-state index is 11.5. The molecule has 1 unspecified atom stereocenters. The number of benzene rings is 1. The summed E-state index contributed by atoms with van der Waals surface area (Å²) in [6.45, 7) is 2.79. The number of nitrogens with one attached hydrogen (secondary N) is 1. The third kappa shape index (κ3) is 7.68. The van der Waals surface area contributed by atoms with Crippen LogP contribution in [0.15, 0.2) is 30.3 Å². The molecule has 0 radical (unpaired) electrons. The van der Waals surface area contributed by atoms with Crippen molar-refractivity contribution >= 4 is 6.09 Å². The normalized spacial score (nSPS) is 13.5. The van der Waals surface area contributed by atoms with Crippen LogP contribution in [-0.2, 0) is 16.1 Å². The average molecular weight is 295 g/mol. The summed E-state index contributed by atoms with van der Waals surface area (Å²) in [4.78, 5) is 11.5. The first-order valence-corrected chi connectivity index (χ1v) is 7.29. The van der Waals surface area contributed by atoms with E-state index in [2.05, 4.69) is 5.32 Å². The van der Waals surface area contributed by atoms with Gasteiger partial charge in [-0.2, -0.15) is 0 Å². The summed E-state index contributed by atoms with van der Waals surface area (Å²) < 4.78 is 9.95. The molecule has 0 fully saturated rings. The average Bonchev–Trinajstić information content (AvgIpc) is 2.52. The van der Waals surface area contributed by atoms with Crippen molar-refractivity contribution in [3.8, 4) is 0 Å². The highest BCUT2D eigenvalue weighted by Crippen LogP contribution is 2.12. The minimum Gasteiger partial charge on any atom is -0.445 e. The molecule has 21 heavy (non-hydrogen) atoms. The first-order valence-electron chi connectivity index (χ1n) is 7.29. The highest BCUT2D eigenvalue weighted by molar-refractivity contribution is 5.67. The van der Waals surface area contributed by atoms with Crippen molar-refractivity contribution < 1.29 is 19.4 Å². The molecule has 0 aliphatic heterocycles. The first-order chi connectivity index (χ1) is 10.1. The molecule has 0 aliphatic carbocycles. The van der Waals surface area contributed by atoms with E-state index in [0.717, 1.165) is 24.8 Å². The van der Waals surface area contributed by atoms with E-state index >= 15 is 0 Å². The molecule has 5 nitrogen and oxygen atoms in total. The summed E-state index contributed by atoms with van der Waals surface area (Å²) in [5.74, 6) is 0.0973. The monoisotopic (exact) mass is 295 g/mol. The quantitative estimate of drug-likeness (QED) is 0.543. The van der Waals surface area contributed by atoms with E-state index in [0.29, 0.717) is 6.54 Å². The predicted molar refractivity (Wildman–Crippen MR) is 80.7 cm³/mol. The number of unbranched alkanes of at least 4 members (excludes halogenated alkanes) is 1. The van der Waals surface area contributed by atoms with Crippen molar-refractivity contribution in [1.82, 2.24) is 5.32 Å². The van der Waals surface area contributed by atoms with Crippen molar-refractivity contribution in [2.45, 2.75) is 39.1 Å². The molecule has 2 atom stereocenters. The minimum atomic E-state index is -0.714. The lowest BCUT2D eigenvalue weighted by molar-refractivity contribution is -0.110. The van der Waals surface area contributed by atoms with Gasteiger partial charge >= 0.3 is 6.09 Å². The number of hydrogen-bond acceptors (Lipinski definition) is 4. The van der Waals surface area contributed by atoms with Gasteiger partial charge in [0.2, 0.25) is 0 Å². The molecular weight excluding hydrogens is 270 g/mol. The van der Waals surface area contributed by atoms with Crippen LogP contribution in [0.5, 0.6) is 0 Å². The Balaban J connectivity index is 2.03. The number of carbonyl (C=O) groups is 1. The van der Waals surface area contributed by atoms with Gasteiger partial charge in [0.1, 0.15) is 6.61 Å². The molecule has 0 aliphatic rings. The molecule has 0 spiro atoms. The second kappa shape index (κ2) is 10.2. The van der Waals surface area contributed by atoms with Crippen LogP contribution in [0.4, 0.5) is 4.79 Å². The molecule has 2 N–H and O–H groups in total. The van der Waals surface area contributed by atoms with Crippen LogP contribution in [0.2, 0.25) is 0 Å². The fourth-order valence-corrected chi connectivity index (χ4v) is 1.93. The van der Waals surface area contributed by atoms with Crippen molar-refractivity contribution in [2.24, 2.45) is 5.92 Å². The standard InChI is InChI=1S/C16H25NO4/c1-13(15(18)20-2)8-6-7-11-17-16(19)21-12-14-9-4-3-5-10-14/h3-5,9-10,13,15,18H,6-8,11-12H2,1-2H3,(H,17,19)/t13?,15-/m1/s1. The highest BCUT2D eigenvalue weighted by atomic mass is 16.6. The van der Waals surface area contributed by atoms with Gasteiger partial charge in [0.15, 0.2) is 6.29 Å². The smallest absolute Gasteiger partial charge is 0.407 e. The molecule has 1 aromatic carbocycles. The molecule has 0 aromatic heterocycles. The topological polar surface area (TPSA) is 67.8 Å². The number of methoxy groups -OCH3 is 1. The van der Waals surface area contributed by atoms with E-state index in [1.54, 1.807) is 0 Å². The molecule has 1 amide bonds. The molecule has 118 valence electrons. The van der Waals surface area contributed by atoms with Crippen molar-refractivity contribution in [3.05, 3.63) is 35.9 Å². The highest BCUT2D eigenvalue weighted by Gasteiger charge is 2.12. The van der Waals surface area contributed by atoms with E-state index < -0.39 is 12.4 Å². The van der Waals surface area contributed by atoms with Crippen LogP contribution in [0, 0.1) is 5.92 Å². The SMILES string of the molecule is CO[C@@H](O)C(C)CCCCNC(=O)OCc1ccccc1. The molecule has 1 aromatic rings. The third-order valence-electron chi connectivity index (χ3n) is 3.30. The van der Waals surface area contributed by atoms with Gasteiger partial charge in [0.25, 0.3) is 0 Å². The Kier molecular flexibility index (Phi) is 8.47. The summed E-state index contributed by atoms with van der Waals surface area (Å²) in [5.41, 5.74) is 0.968. The molecular formula is C16H25NO4. The lowest BCUT2D eigenvalue weighted by Crippen LogP contribution is -2.25. The third-order valence-corrected chi connectivity index (χ3v) is 3.30. The van der Waals surface area contributed by atoms with E-state index in [1.165, 1.54) is 7.11 Å². The Morgan fingerprint density at radius 3 is 2.67 bits per heavy atom. The lowest BCUT2D eigenvalue weighted by atomic mass is 10.0. The minimum absolute atomic E-state index is 0.0973. The van der Waals surface area contributed by atoms with E-state index in [9.17, 15) is 9.90 Å². The molecule has 0 heterocycles. The largest absolute Gasteiger partial charge is 0.445 e. The second-order valence-electron chi connectivity index (χ2n) is 5.09. The van der Waals surface area contributed by atoms with Crippen molar-refractivity contribution in [2.75, 3.05) is 13.7 Å². The zero-order valence-corrected chi connectivity index (χ0v) is 12.7. The number of rotatable bonds is 9. The summed E-state index contributed by atoms with van der Waals surface area (Å²) in [6, 6.07) is 9.56. The number of ether oxygens (including phenoxy) is 2. The Morgan fingerprint density at radius 1 is 1.29 bits per heavy atom. The number of carbonyl (C=O) groups excluding carboxylic acids is 1. The van der Waals surface area contributed by atoms with E-state index in [4.69, 9.17) is 9.47 Å². The van der Waals surface area contributed by atoms with Gasteiger partial charge in [-0.3, -0.25) is 0 Å². The lowest BCUT2D eigenvalue weighted by Gasteiger charge is -2.16. The zero-order valence-electron chi connectivity index (χ0n) is 12.7. The molecule has 0 saturated heterocycles. The van der Waals surface area contributed by atoms with Crippen LogP contribution in [0.3, 0.4) is 0 Å². The molecule has 1 rings (SSSR count). The predicted octanol–water partition coefficient (Wildman–Crippen LogP) is 2.68. The summed E-state index contributed by atoms with van der Waals surface area (Å²) in [5, 5.41) is 12.2.